The van der Waals surface area contributed by atoms with Crippen molar-refractivity contribution in [3.05, 3.63) is 47.3 Å². The van der Waals surface area contributed by atoms with Gasteiger partial charge in [-0.25, -0.2) is 0 Å². The number of hydrogen-bond donors (Lipinski definition) is 1. The van der Waals surface area contributed by atoms with Crippen molar-refractivity contribution >= 4 is 11.9 Å². The van der Waals surface area contributed by atoms with E-state index in [1.165, 1.54) is 16.8 Å². The molecule has 0 atom stereocenters. The van der Waals surface area contributed by atoms with Gasteiger partial charge in [0.25, 0.3) is 5.91 Å². The van der Waals surface area contributed by atoms with Gasteiger partial charge in [0.1, 0.15) is 0 Å². The van der Waals surface area contributed by atoms with Gasteiger partial charge in [-0.1, -0.05) is 5.10 Å². The Morgan fingerprint density at radius 1 is 1.20 bits per heavy atom. The number of alkyl halides is 3. The third-order valence-electron chi connectivity index (χ3n) is 3.33. The highest BCUT2D eigenvalue weighted by Gasteiger charge is 2.30. The third-order valence-corrected chi connectivity index (χ3v) is 3.33. The van der Waals surface area contributed by atoms with E-state index in [1.807, 2.05) is 0 Å². The normalized spacial score (nSPS) is 11.6. The van der Waals surface area contributed by atoms with E-state index < -0.39 is 17.6 Å². The summed E-state index contributed by atoms with van der Waals surface area (Å²) in [6.45, 7) is 1.73. The van der Waals surface area contributed by atoms with E-state index in [2.05, 4.69) is 20.6 Å². The number of rotatable bonds is 3. The van der Waals surface area contributed by atoms with Gasteiger partial charge in [0.15, 0.2) is 5.69 Å². The molecular weight excluding hydrogens is 339 g/mol. The van der Waals surface area contributed by atoms with Crippen molar-refractivity contribution in [3.8, 4) is 11.5 Å². The molecule has 1 N–H and O–H groups in total. The molecule has 1 amide bonds. The van der Waals surface area contributed by atoms with Crippen LogP contribution in [0.25, 0.3) is 11.5 Å². The summed E-state index contributed by atoms with van der Waals surface area (Å²) in [6, 6.07) is 4.07. The van der Waals surface area contributed by atoms with Crippen LogP contribution in [0.2, 0.25) is 0 Å². The zero-order valence-corrected chi connectivity index (χ0v) is 13.1. The predicted molar refractivity (Wildman–Crippen MR) is 80.6 cm³/mol. The second kappa shape index (κ2) is 6.04. The predicted octanol–water partition coefficient (Wildman–Crippen LogP) is 3.05. The molecule has 0 bridgehead atoms. The molecule has 0 unspecified atom stereocenters. The SMILES string of the molecule is Cc1cn(C)nc1C(=O)Nc1nnc(-c2ccc(C(F)(F)F)cc2)o1. The standard InChI is InChI=1S/C15H12F3N5O2/c1-8-7-23(2)22-11(8)12(24)19-14-21-20-13(25-14)9-3-5-10(6-4-9)15(16,17)18/h3-7H,1-2H3,(H,19,21,24). The number of carbonyl (C=O) groups excluding carboxylic acids is 1. The lowest BCUT2D eigenvalue weighted by Crippen LogP contribution is -2.14. The Balaban J connectivity index is 1.76. The molecule has 10 heteroatoms. The average Bonchev–Trinajstić information content (AvgIpc) is 3.13. The van der Waals surface area contributed by atoms with Crippen molar-refractivity contribution < 1.29 is 22.4 Å². The fraction of sp³-hybridized carbons (Fsp3) is 0.200. The Labute approximate surface area is 139 Å². The smallest absolute Gasteiger partial charge is 0.403 e. The number of aryl methyl sites for hydroxylation is 2. The second-order valence-corrected chi connectivity index (χ2v) is 5.28. The van der Waals surface area contributed by atoms with E-state index in [4.69, 9.17) is 4.42 Å². The zero-order valence-electron chi connectivity index (χ0n) is 13.1. The molecule has 0 aliphatic carbocycles. The van der Waals surface area contributed by atoms with Gasteiger partial charge in [-0.2, -0.15) is 18.3 Å². The van der Waals surface area contributed by atoms with Gasteiger partial charge in [-0.05, 0) is 31.2 Å². The molecule has 0 spiro atoms. The lowest BCUT2D eigenvalue weighted by atomic mass is 10.1. The Kier molecular flexibility index (Phi) is 4.03. The topological polar surface area (TPSA) is 85.8 Å². The van der Waals surface area contributed by atoms with Gasteiger partial charge >= 0.3 is 12.2 Å². The Hall–Kier alpha value is -3.17. The van der Waals surface area contributed by atoms with Crippen LogP contribution in [0, 0.1) is 6.92 Å². The van der Waals surface area contributed by atoms with Crippen LogP contribution in [0.3, 0.4) is 0 Å². The molecule has 2 aromatic heterocycles. The van der Waals surface area contributed by atoms with Crippen LogP contribution in [0.4, 0.5) is 19.2 Å². The zero-order chi connectivity index (χ0) is 18.2. The van der Waals surface area contributed by atoms with Crippen molar-refractivity contribution in [1.82, 2.24) is 20.0 Å². The minimum absolute atomic E-state index is 0.0123. The number of nitrogens with one attached hydrogen (secondary N) is 1. The molecule has 1 aromatic carbocycles. The van der Waals surface area contributed by atoms with Crippen LogP contribution in [-0.2, 0) is 13.2 Å². The van der Waals surface area contributed by atoms with E-state index >= 15 is 0 Å². The summed E-state index contributed by atoms with van der Waals surface area (Å²) in [6.07, 6.45) is -2.75. The summed E-state index contributed by atoms with van der Waals surface area (Å²) in [5.74, 6) is -0.539. The summed E-state index contributed by atoms with van der Waals surface area (Å²) < 4.78 is 44.4. The fourth-order valence-electron chi connectivity index (χ4n) is 2.18. The van der Waals surface area contributed by atoms with E-state index in [0.717, 1.165) is 12.1 Å². The molecule has 130 valence electrons. The van der Waals surface area contributed by atoms with Crippen molar-refractivity contribution in [1.29, 1.82) is 0 Å². The first kappa shape index (κ1) is 16.7. The Morgan fingerprint density at radius 2 is 1.88 bits per heavy atom. The molecule has 3 rings (SSSR count). The van der Waals surface area contributed by atoms with Crippen molar-refractivity contribution in [2.24, 2.45) is 7.05 Å². The molecule has 3 aromatic rings. The first-order chi connectivity index (χ1) is 11.7. The molecule has 0 aliphatic rings. The molecule has 7 nitrogen and oxygen atoms in total. The maximum atomic E-state index is 12.6. The lowest BCUT2D eigenvalue weighted by molar-refractivity contribution is -0.137. The molecule has 0 aliphatic heterocycles. The van der Waals surface area contributed by atoms with Gasteiger partial charge in [-0.15, -0.1) is 5.10 Å². The van der Waals surface area contributed by atoms with E-state index in [-0.39, 0.29) is 17.6 Å². The summed E-state index contributed by atoms with van der Waals surface area (Å²) in [5, 5.41) is 13.8. The Morgan fingerprint density at radius 3 is 2.44 bits per heavy atom. The second-order valence-electron chi connectivity index (χ2n) is 5.28. The number of nitrogens with zero attached hydrogens (tertiary/aromatic N) is 4. The number of anilines is 1. The molecule has 0 saturated carbocycles. The monoisotopic (exact) mass is 351 g/mol. The van der Waals surface area contributed by atoms with Gasteiger partial charge in [0, 0.05) is 24.4 Å². The number of halogens is 3. The quantitative estimate of drug-likeness (QED) is 0.784. The van der Waals surface area contributed by atoms with Crippen LogP contribution in [0.1, 0.15) is 21.6 Å². The molecule has 2 heterocycles. The van der Waals surface area contributed by atoms with Crippen LogP contribution < -0.4 is 5.32 Å². The van der Waals surface area contributed by atoms with Crippen molar-refractivity contribution in [3.63, 3.8) is 0 Å². The molecule has 0 saturated heterocycles. The number of aromatic nitrogens is 4. The van der Waals surface area contributed by atoms with Gasteiger partial charge in [-0.3, -0.25) is 14.8 Å². The highest BCUT2D eigenvalue weighted by atomic mass is 19.4. The number of hydrogen-bond acceptors (Lipinski definition) is 5. The van der Waals surface area contributed by atoms with Crippen molar-refractivity contribution in [2.75, 3.05) is 5.32 Å². The minimum Gasteiger partial charge on any atom is -0.403 e. The van der Waals surface area contributed by atoms with E-state index in [9.17, 15) is 18.0 Å². The van der Waals surface area contributed by atoms with Gasteiger partial charge < -0.3 is 4.42 Å². The van der Waals surface area contributed by atoms with Crippen molar-refractivity contribution in [2.45, 2.75) is 13.1 Å². The summed E-state index contributed by atoms with van der Waals surface area (Å²) in [4.78, 5) is 12.1. The van der Waals surface area contributed by atoms with Crippen LogP contribution in [0.5, 0.6) is 0 Å². The lowest BCUT2D eigenvalue weighted by Gasteiger charge is -2.05. The summed E-state index contributed by atoms with van der Waals surface area (Å²) in [7, 11) is 1.68. The van der Waals surface area contributed by atoms with Gasteiger partial charge in [0.05, 0.1) is 5.56 Å². The van der Waals surface area contributed by atoms with Crippen LogP contribution >= 0.6 is 0 Å². The van der Waals surface area contributed by atoms with E-state index in [1.54, 1.807) is 20.2 Å². The summed E-state index contributed by atoms with van der Waals surface area (Å²) in [5.41, 5.74) is 0.393. The van der Waals surface area contributed by atoms with E-state index in [0.29, 0.717) is 11.1 Å². The average molecular weight is 351 g/mol. The fourth-order valence-corrected chi connectivity index (χ4v) is 2.18. The number of benzene rings is 1. The third kappa shape index (κ3) is 3.52. The molecule has 0 fully saturated rings. The largest absolute Gasteiger partial charge is 0.416 e. The van der Waals surface area contributed by atoms with Gasteiger partial charge in [0.2, 0.25) is 5.89 Å². The van der Waals surface area contributed by atoms with Crippen LogP contribution in [0.15, 0.2) is 34.9 Å². The highest BCUT2D eigenvalue weighted by molar-refractivity contribution is 6.02. The number of carbonyl (C=O) groups is 1. The highest BCUT2D eigenvalue weighted by Crippen LogP contribution is 2.30. The first-order valence-corrected chi connectivity index (χ1v) is 7.07. The maximum absolute atomic E-state index is 12.6. The molecular formula is C15H12F3N5O2. The minimum atomic E-state index is -4.42. The van der Waals surface area contributed by atoms with Crippen LogP contribution in [-0.4, -0.2) is 25.9 Å². The Bertz CT molecular complexity index is 912. The molecule has 0 radical (unpaired) electrons. The molecule has 25 heavy (non-hydrogen) atoms. The number of amides is 1. The summed E-state index contributed by atoms with van der Waals surface area (Å²) >= 11 is 0. The maximum Gasteiger partial charge on any atom is 0.416 e. The first-order valence-electron chi connectivity index (χ1n) is 7.07.